The number of rotatable bonds is 5. The first-order chi connectivity index (χ1) is 12.4. The molecule has 0 fully saturated rings. The van der Waals surface area contributed by atoms with Crippen molar-refractivity contribution >= 4 is 15.7 Å². The SMILES string of the molecule is Cc1ccc(N(Cc2ccc(F)cc2)S(=O)(=O)c2ccccc2)c(C)c1. The number of halogens is 1. The Morgan fingerprint density at radius 2 is 1.54 bits per heavy atom. The van der Waals surface area contributed by atoms with E-state index in [1.54, 1.807) is 42.5 Å². The highest BCUT2D eigenvalue weighted by molar-refractivity contribution is 7.92. The molecule has 0 aliphatic carbocycles. The fourth-order valence-corrected chi connectivity index (χ4v) is 4.40. The van der Waals surface area contributed by atoms with Gasteiger partial charge in [0, 0.05) is 0 Å². The van der Waals surface area contributed by atoms with E-state index in [9.17, 15) is 12.8 Å². The number of benzene rings is 3. The van der Waals surface area contributed by atoms with Crippen LogP contribution in [0.25, 0.3) is 0 Å². The van der Waals surface area contributed by atoms with Crippen LogP contribution in [0.15, 0.2) is 77.7 Å². The molecule has 0 amide bonds. The predicted octanol–water partition coefficient (Wildman–Crippen LogP) is 4.84. The molecule has 0 aliphatic heterocycles. The Balaban J connectivity index is 2.11. The average Bonchev–Trinajstić information content (AvgIpc) is 2.62. The van der Waals surface area contributed by atoms with Crippen LogP contribution in [0.5, 0.6) is 0 Å². The maximum Gasteiger partial charge on any atom is 0.264 e. The minimum absolute atomic E-state index is 0.126. The first-order valence-electron chi connectivity index (χ1n) is 8.27. The van der Waals surface area contributed by atoms with E-state index in [0.29, 0.717) is 11.3 Å². The molecular weight excluding hydrogens is 349 g/mol. The fourth-order valence-electron chi connectivity index (χ4n) is 2.86. The molecule has 0 heterocycles. The van der Waals surface area contributed by atoms with E-state index in [0.717, 1.165) is 11.1 Å². The standard InChI is InChI=1S/C21H20FNO2S/c1-16-8-13-21(17(2)14-16)23(15-18-9-11-19(22)12-10-18)26(24,25)20-6-4-3-5-7-20/h3-14H,15H2,1-2H3. The van der Waals surface area contributed by atoms with Gasteiger partial charge >= 0.3 is 0 Å². The average molecular weight is 369 g/mol. The second-order valence-corrected chi connectivity index (χ2v) is 8.10. The molecule has 3 nitrogen and oxygen atoms in total. The molecule has 0 saturated heterocycles. The number of anilines is 1. The maximum atomic E-state index is 13.3. The molecular formula is C21H20FNO2S. The van der Waals surface area contributed by atoms with Gasteiger partial charge in [0.15, 0.2) is 0 Å². The van der Waals surface area contributed by atoms with Crippen LogP contribution in [0.1, 0.15) is 16.7 Å². The third kappa shape index (κ3) is 3.78. The van der Waals surface area contributed by atoms with Crippen molar-refractivity contribution in [1.29, 1.82) is 0 Å². The summed E-state index contributed by atoms with van der Waals surface area (Å²) in [5.41, 5.74) is 3.26. The summed E-state index contributed by atoms with van der Waals surface area (Å²) in [7, 11) is -3.76. The Kier molecular flexibility index (Phi) is 5.09. The highest BCUT2D eigenvalue weighted by Crippen LogP contribution is 2.29. The fraction of sp³-hybridized carbons (Fsp3) is 0.143. The summed E-state index contributed by atoms with van der Waals surface area (Å²) < 4.78 is 41.2. The second kappa shape index (κ2) is 7.30. The molecule has 3 aromatic carbocycles. The lowest BCUT2D eigenvalue weighted by atomic mass is 10.1. The normalized spacial score (nSPS) is 11.3. The zero-order valence-electron chi connectivity index (χ0n) is 14.7. The topological polar surface area (TPSA) is 37.4 Å². The lowest BCUT2D eigenvalue weighted by Gasteiger charge is -2.26. The van der Waals surface area contributed by atoms with Gasteiger partial charge in [0.25, 0.3) is 10.0 Å². The summed E-state index contributed by atoms with van der Waals surface area (Å²) >= 11 is 0. The van der Waals surface area contributed by atoms with E-state index in [-0.39, 0.29) is 17.3 Å². The van der Waals surface area contributed by atoms with Crippen LogP contribution in [0.4, 0.5) is 10.1 Å². The van der Waals surface area contributed by atoms with Crippen LogP contribution in [-0.4, -0.2) is 8.42 Å². The summed E-state index contributed by atoms with van der Waals surface area (Å²) in [4.78, 5) is 0.224. The molecule has 0 saturated carbocycles. The summed E-state index contributed by atoms with van der Waals surface area (Å²) in [5, 5.41) is 0. The Morgan fingerprint density at radius 1 is 0.885 bits per heavy atom. The Bertz CT molecular complexity index is 1000. The summed E-state index contributed by atoms with van der Waals surface area (Å²) in [6, 6.07) is 19.9. The molecule has 134 valence electrons. The van der Waals surface area contributed by atoms with E-state index >= 15 is 0 Å². The number of hydrogen-bond acceptors (Lipinski definition) is 2. The third-order valence-electron chi connectivity index (χ3n) is 4.19. The van der Waals surface area contributed by atoms with E-state index in [1.807, 2.05) is 32.0 Å². The van der Waals surface area contributed by atoms with Gasteiger partial charge in [-0.15, -0.1) is 0 Å². The highest BCUT2D eigenvalue weighted by atomic mass is 32.2. The minimum Gasteiger partial charge on any atom is -0.262 e. The molecule has 0 N–H and O–H groups in total. The Labute approximate surface area is 153 Å². The quantitative estimate of drug-likeness (QED) is 0.645. The summed E-state index contributed by atoms with van der Waals surface area (Å²) in [6.07, 6.45) is 0. The zero-order chi connectivity index (χ0) is 18.7. The predicted molar refractivity (Wildman–Crippen MR) is 102 cm³/mol. The van der Waals surface area contributed by atoms with E-state index in [2.05, 4.69) is 0 Å². The molecule has 0 bridgehead atoms. The smallest absolute Gasteiger partial charge is 0.262 e. The summed E-state index contributed by atoms with van der Waals surface area (Å²) in [6.45, 7) is 3.98. The van der Waals surface area contributed by atoms with Crippen molar-refractivity contribution in [2.75, 3.05) is 4.31 Å². The molecule has 0 unspecified atom stereocenters. The van der Waals surface area contributed by atoms with Gasteiger partial charge in [-0.1, -0.05) is 48.0 Å². The molecule has 3 aromatic rings. The lowest BCUT2D eigenvalue weighted by Crippen LogP contribution is -2.31. The minimum atomic E-state index is -3.76. The highest BCUT2D eigenvalue weighted by Gasteiger charge is 2.26. The van der Waals surface area contributed by atoms with Gasteiger partial charge in [-0.3, -0.25) is 4.31 Å². The second-order valence-electron chi connectivity index (χ2n) is 6.24. The molecule has 0 radical (unpaired) electrons. The molecule has 0 atom stereocenters. The van der Waals surface area contributed by atoms with Crippen LogP contribution >= 0.6 is 0 Å². The van der Waals surface area contributed by atoms with Gasteiger partial charge in [0.2, 0.25) is 0 Å². The van der Waals surface area contributed by atoms with Gasteiger partial charge in [-0.05, 0) is 55.3 Å². The maximum absolute atomic E-state index is 13.3. The van der Waals surface area contributed by atoms with Crippen molar-refractivity contribution in [3.05, 3.63) is 95.3 Å². The van der Waals surface area contributed by atoms with Crippen molar-refractivity contribution in [3.8, 4) is 0 Å². The van der Waals surface area contributed by atoms with E-state index in [1.165, 1.54) is 16.4 Å². The Morgan fingerprint density at radius 3 is 2.15 bits per heavy atom. The van der Waals surface area contributed by atoms with Crippen LogP contribution in [-0.2, 0) is 16.6 Å². The molecule has 3 rings (SSSR count). The van der Waals surface area contributed by atoms with Crippen molar-refractivity contribution in [1.82, 2.24) is 0 Å². The zero-order valence-corrected chi connectivity index (χ0v) is 15.5. The van der Waals surface area contributed by atoms with Crippen molar-refractivity contribution < 1.29 is 12.8 Å². The Hall–Kier alpha value is -2.66. The number of nitrogens with zero attached hydrogens (tertiary/aromatic N) is 1. The van der Waals surface area contributed by atoms with Gasteiger partial charge < -0.3 is 0 Å². The number of hydrogen-bond donors (Lipinski definition) is 0. The molecule has 26 heavy (non-hydrogen) atoms. The molecule has 0 spiro atoms. The number of sulfonamides is 1. The van der Waals surface area contributed by atoms with Crippen LogP contribution in [0, 0.1) is 19.7 Å². The van der Waals surface area contributed by atoms with Gasteiger partial charge in [0.1, 0.15) is 5.82 Å². The molecule has 0 aliphatic rings. The first kappa shape index (κ1) is 18.1. The van der Waals surface area contributed by atoms with Crippen molar-refractivity contribution in [2.45, 2.75) is 25.3 Å². The van der Waals surface area contributed by atoms with Crippen LogP contribution < -0.4 is 4.31 Å². The first-order valence-corrected chi connectivity index (χ1v) is 9.71. The van der Waals surface area contributed by atoms with Gasteiger partial charge in [-0.25, -0.2) is 12.8 Å². The monoisotopic (exact) mass is 369 g/mol. The third-order valence-corrected chi connectivity index (χ3v) is 5.97. The van der Waals surface area contributed by atoms with Gasteiger partial charge in [0.05, 0.1) is 17.1 Å². The van der Waals surface area contributed by atoms with Crippen molar-refractivity contribution in [2.24, 2.45) is 0 Å². The molecule has 5 heteroatoms. The van der Waals surface area contributed by atoms with Crippen LogP contribution in [0.3, 0.4) is 0 Å². The van der Waals surface area contributed by atoms with E-state index in [4.69, 9.17) is 0 Å². The lowest BCUT2D eigenvalue weighted by molar-refractivity contribution is 0.590. The van der Waals surface area contributed by atoms with E-state index < -0.39 is 10.0 Å². The van der Waals surface area contributed by atoms with Gasteiger partial charge in [-0.2, -0.15) is 0 Å². The molecule has 0 aromatic heterocycles. The largest absolute Gasteiger partial charge is 0.264 e. The van der Waals surface area contributed by atoms with Crippen LogP contribution in [0.2, 0.25) is 0 Å². The summed E-state index contributed by atoms with van der Waals surface area (Å²) in [5.74, 6) is -0.349. The van der Waals surface area contributed by atoms with Crippen molar-refractivity contribution in [3.63, 3.8) is 0 Å². The number of aryl methyl sites for hydroxylation is 2.